The number of amides is 2. The zero-order chi connectivity index (χ0) is 17.9. The zero-order valence-electron chi connectivity index (χ0n) is 13.4. The molecule has 0 aliphatic carbocycles. The predicted molar refractivity (Wildman–Crippen MR) is 99.5 cm³/mol. The smallest absolute Gasteiger partial charge is 0.324 e. The van der Waals surface area contributed by atoms with Crippen molar-refractivity contribution < 1.29 is 13.6 Å². The van der Waals surface area contributed by atoms with Crippen molar-refractivity contribution in [2.24, 2.45) is 0 Å². The lowest BCUT2D eigenvalue weighted by molar-refractivity contribution is 0.251. The number of halogens is 1. The molecule has 0 bridgehead atoms. The lowest BCUT2D eigenvalue weighted by Crippen LogP contribution is -2.28. The lowest BCUT2D eigenvalue weighted by atomic mass is 10.0. The van der Waals surface area contributed by atoms with Gasteiger partial charge >= 0.3 is 12.0 Å². The number of hydrogen-bond donors (Lipinski definition) is 2. The van der Waals surface area contributed by atoms with E-state index in [1.165, 1.54) is 0 Å². The van der Waals surface area contributed by atoms with E-state index in [4.69, 9.17) is 8.83 Å². The van der Waals surface area contributed by atoms with Crippen LogP contribution in [0.15, 0.2) is 68.1 Å². The minimum Gasteiger partial charge on any atom is -0.444 e. The summed E-state index contributed by atoms with van der Waals surface area (Å²) in [6, 6.07) is 16.9. The third-order valence-electron chi connectivity index (χ3n) is 3.75. The molecule has 0 fully saturated rings. The monoisotopic (exact) mass is 412 g/mol. The van der Waals surface area contributed by atoms with E-state index in [1.54, 1.807) is 12.1 Å². The van der Waals surface area contributed by atoms with Gasteiger partial charge < -0.3 is 14.2 Å². The largest absolute Gasteiger partial charge is 0.444 e. The summed E-state index contributed by atoms with van der Waals surface area (Å²) in [7, 11) is 0. The number of hydrogen-bond acceptors (Lipinski definition) is 5. The molecule has 2 amide bonds. The maximum Gasteiger partial charge on any atom is 0.324 e. The maximum absolute atomic E-state index is 12.1. The first-order valence-corrected chi connectivity index (χ1v) is 8.59. The SMILES string of the molecule is O=C(NCc1cccc2ccccc12)Nc1nnc(-c2ccc(Br)o2)o1. The molecular weight excluding hydrogens is 400 g/mol. The number of carbonyl (C=O) groups is 1. The van der Waals surface area contributed by atoms with Crippen LogP contribution in [0.2, 0.25) is 0 Å². The second kappa shape index (κ2) is 7.01. The van der Waals surface area contributed by atoms with Gasteiger partial charge in [-0.3, -0.25) is 5.32 Å². The van der Waals surface area contributed by atoms with Crippen molar-refractivity contribution in [2.75, 3.05) is 5.32 Å². The van der Waals surface area contributed by atoms with Crippen molar-refractivity contribution in [1.29, 1.82) is 0 Å². The highest BCUT2D eigenvalue weighted by atomic mass is 79.9. The Morgan fingerprint density at radius 2 is 1.85 bits per heavy atom. The molecule has 4 rings (SSSR count). The first kappa shape index (κ1) is 16.3. The van der Waals surface area contributed by atoms with Gasteiger partial charge in [0.25, 0.3) is 5.89 Å². The fourth-order valence-electron chi connectivity index (χ4n) is 2.57. The van der Waals surface area contributed by atoms with E-state index in [0.29, 0.717) is 17.0 Å². The van der Waals surface area contributed by atoms with Gasteiger partial charge in [0.05, 0.1) is 0 Å². The fraction of sp³-hybridized carbons (Fsp3) is 0.0556. The third-order valence-corrected chi connectivity index (χ3v) is 4.17. The van der Waals surface area contributed by atoms with Crippen molar-refractivity contribution in [3.8, 4) is 11.7 Å². The van der Waals surface area contributed by atoms with Gasteiger partial charge in [-0.05, 0) is 44.4 Å². The Labute approximate surface area is 156 Å². The Hall–Kier alpha value is -3.13. The van der Waals surface area contributed by atoms with Crippen molar-refractivity contribution in [1.82, 2.24) is 15.5 Å². The maximum atomic E-state index is 12.1. The van der Waals surface area contributed by atoms with E-state index in [2.05, 4.69) is 36.8 Å². The van der Waals surface area contributed by atoms with E-state index in [0.717, 1.165) is 16.3 Å². The molecule has 0 radical (unpaired) electrons. The Balaban J connectivity index is 1.40. The van der Waals surface area contributed by atoms with Gasteiger partial charge in [-0.1, -0.05) is 47.6 Å². The summed E-state index contributed by atoms with van der Waals surface area (Å²) in [5.74, 6) is 0.591. The average Bonchev–Trinajstić information content (AvgIpc) is 3.29. The number of nitrogens with one attached hydrogen (secondary N) is 2. The van der Waals surface area contributed by atoms with E-state index in [-0.39, 0.29) is 11.9 Å². The number of carbonyl (C=O) groups excluding carboxylic acids is 1. The number of anilines is 1. The minimum atomic E-state index is -0.436. The van der Waals surface area contributed by atoms with Gasteiger partial charge in [0.1, 0.15) is 0 Å². The number of aromatic nitrogens is 2. The Bertz CT molecular complexity index is 1070. The second-order valence-electron chi connectivity index (χ2n) is 5.46. The molecule has 2 N–H and O–H groups in total. The van der Waals surface area contributed by atoms with Gasteiger partial charge in [-0.2, -0.15) is 0 Å². The quantitative estimate of drug-likeness (QED) is 0.512. The molecule has 0 aliphatic heterocycles. The third kappa shape index (κ3) is 3.45. The summed E-state index contributed by atoms with van der Waals surface area (Å²) in [4.78, 5) is 12.1. The van der Waals surface area contributed by atoms with Gasteiger partial charge in [0.15, 0.2) is 10.4 Å². The molecule has 26 heavy (non-hydrogen) atoms. The molecule has 0 unspecified atom stereocenters. The van der Waals surface area contributed by atoms with Gasteiger partial charge in [0.2, 0.25) is 0 Å². The molecule has 4 aromatic rings. The summed E-state index contributed by atoms with van der Waals surface area (Å²) < 4.78 is 11.2. The highest BCUT2D eigenvalue weighted by Crippen LogP contribution is 2.24. The van der Waals surface area contributed by atoms with E-state index < -0.39 is 6.03 Å². The Morgan fingerprint density at radius 1 is 1.00 bits per heavy atom. The van der Waals surface area contributed by atoms with Crippen LogP contribution in [0, 0.1) is 0 Å². The van der Waals surface area contributed by atoms with Crippen LogP contribution >= 0.6 is 15.9 Å². The Morgan fingerprint density at radius 3 is 2.69 bits per heavy atom. The summed E-state index contributed by atoms with van der Waals surface area (Å²) >= 11 is 3.20. The highest BCUT2D eigenvalue weighted by molar-refractivity contribution is 9.10. The fourth-order valence-corrected chi connectivity index (χ4v) is 2.87. The number of nitrogens with zero attached hydrogens (tertiary/aromatic N) is 2. The average molecular weight is 413 g/mol. The normalized spacial score (nSPS) is 10.8. The van der Waals surface area contributed by atoms with E-state index >= 15 is 0 Å². The zero-order valence-corrected chi connectivity index (χ0v) is 15.0. The van der Waals surface area contributed by atoms with Crippen molar-refractivity contribution in [3.63, 3.8) is 0 Å². The van der Waals surface area contributed by atoms with Crippen LogP contribution < -0.4 is 10.6 Å². The van der Waals surface area contributed by atoms with E-state index in [9.17, 15) is 4.79 Å². The van der Waals surface area contributed by atoms with E-state index in [1.807, 2.05) is 42.5 Å². The number of benzene rings is 2. The summed E-state index contributed by atoms with van der Waals surface area (Å²) in [6.07, 6.45) is 0. The van der Waals surface area contributed by atoms with Crippen molar-refractivity contribution >= 4 is 38.7 Å². The van der Waals surface area contributed by atoms with Gasteiger partial charge in [-0.15, -0.1) is 5.10 Å². The summed E-state index contributed by atoms with van der Waals surface area (Å²) in [6.45, 7) is 0.374. The molecule has 0 saturated heterocycles. The standard InChI is InChI=1S/C18H13BrN4O3/c19-15-9-8-14(25-15)16-22-23-18(26-16)21-17(24)20-10-12-6-3-5-11-4-1-2-7-13(11)12/h1-9H,10H2,(H2,20,21,23,24). The van der Waals surface area contributed by atoms with Gasteiger partial charge in [0, 0.05) is 6.54 Å². The molecule has 8 heteroatoms. The number of urea groups is 1. The van der Waals surface area contributed by atoms with Crippen LogP contribution in [0.5, 0.6) is 0 Å². The molecule has 2 aromatic heterocycles. The highest BCUT2D eigenvalue weighted by Gasteiger charge is 2.14. The van der Waals surface area contributed by atoms with Crippen molar-refractivity contribution in [2.45, 2.75) is 6.54 Å². The summed E-state index contributed by atoms with van der Waals surface area (Å²) in [5.41, 5.74) is 1.02. The lowest BCUT2D eigenvalue weighted by Gasteiger charge is -2.08. The molecule has 2 aromatic carbocycles. The first-order valence-electron chi connectivity index (χ1n) is 7.80. The van der Waals surface area contributed by atoms with Crippen LogP contribution in [0.4, 0.5) is 10.8 Å². The van der Waals surface area contributed by atoms with Crippen LogP contribution in [-0.2, 0) is 6.54 Å². The first-order chi connectivity index (χ1) is 12.7. The van der Waals surface area contributed by atoms with Crippen LogP contribution in [0.1, 0.15) is 5.56 Å². The topological polar surface area (TPSA) is 93.2 Å². The molecule has 7 nitrogen and oxygen atoms in total. The molecule has 0 saturated carbocycles. The Kier molecular flexibility index (Phi) is 4.40. The van der Waals surface area contributed by atoms with Crippen LogP contribution in [-0.4, -0.2) is 16.2 Å². The minimum absolute atomic E-state index is 0.0112. The van der Waals surface area contributed by atoms with Crippen LogP contribution in [0.25, 0.3) is 22.4 Å². The molecule has 0 aliphatic rings. The predicted octanol–water partition coefficient (Wildman–Crippen LogP) is 4.57. The molecule has 130 valence electrons. The molecule has 0 atom stereocenters. The van der Waals surface area contributed by atoms with Crippen LogP contribution in [0.3, 0.4) is 0 Å². The molecule has 0 spiro atoms. The van der Waals surface area contributed by atoms with Crippen molar-refractivity contribution in [3.05, 3.63) is 64.8 Å². The molecular formula is C18H13BrN4O3. The number of fused-ring (bicyclic) bond motifs is 1. The van der Waals surface area contributed by atoms with Gasteiger partial charge in [-0.25, -0.2) is 4.79 Å². The molecule has 2 heterocycles. The number of furan rings is 1. The summed E-state index contributed by atoms with van der Waals surface area (Å²) in [5, 5.41) is 15.1. The number of rotatable bonds is 4. The second-order valence-corrected chi connectivity index (χ2v) is 6.24.